The predicted octanol–water partition coefficient (Wildman–Crippen LogP) is 2.68. The van der Waals surface area contributed by atoms with Gasteiger partial charge in [0.2, 0.25) is 0 Å². The molecular formula is C21H23N3O5S. The molecule has 3 aromatic rings. The van der Waals surface area contributed by atoms with Gasteiger partial charge in [-0.3, -0.25) is 9.59 Å². The summed E-state index contributed by atoms with van der Waals surface area (Å²) < 4.78 is 32.8. The summed E-state index contributed by atoms with van der Waals surface area (Å²) in [5, 5.41) is 3.45. The second kappa shape index (κ2) is 7.02. The summed E-state index contributed by atoms with van der Waals surface area (Å²) in [6, 6.07) is 4.75. The van der Waals surface area contributed by atoms with Gasteiger partial charge >= 0.3 is 0 Å². The van der Waals surface area contributed by atoms with Gasteiger partial charge in [0.25, 0.3) is 11.5 Å². The summed E-state index contributed by atoms with van der Waals surface area (Å²) in [5.74, 6) is -0.0923. The van der Waals surface area contributed by atoms with E-state index in [1.54, 1.807) is 38.5 Å². The number of ether oxygens (including phenoxy) is 1. The lowest BCUT2D eigenvalue weighted by molar-refractivity contribution is -0.125. The van der Waals surface area contributed by atoms with Crippen LogP contribution in [0.4, 0.5) is 5.69 Å². The van der Waals surface area contributed by atoms with Crippen LogP contribution in [0.5, 0.6) is 5.75 Å². The van der Waals surface area contributed by atoms with Gasteiger partial charge in [-0.2, -0.15) is 0 Å². The molecule has 0 saturated carbocycles. The second-order valence-corrected chi connectivity index (χ2v) is 10.0. The van der Waals surface area contributed by atoms with Gasteiger partial charge in [0.15, 0.2) is 21.7 Å². The van der Waals surface area contributed by atoms with E-state index < -0.39 is 15.9 Å². The summed E-state index contributed by atoms with van der Waals surface area (Å²) in [7, 11) is -1.92. The molecule has 30 heavy (non-hydrogen) atoms. The van der Waals surface area contributed by atoms with Crippen molar-refractivity contribution in [1.29, 1.82) is 0 Å². The van der Waals surface area contributed by atoms with Crippen molar-refractivity contribution in [2.45, 2.75) is 31.8 Å². The average molecular weight is 429 g/mol. The number of rotatable bonds is 4. The Morgan fingerprint density at radius 3 is 2.60 bits per heavy atom. The van der Waals surface area contributed by atoms with Crippen LogP contribution < -0.4 is 15.6 Å². The number of nitrogens with zero attached hydrogens (tertiary/aromatic N) is 1. The zero-order valence-electron chi connectivity index (χ0n) is 17.1. The lowest BCUT2D eigenvalue weighted by Gasteiger charge is -2.30. The Morgan fingerprint density at radius 1 is 1.20 bits per heavy atom. The monoisotopic (exact) mass is 429 g/mol. The first-order valence-electron chi connectivity index (χ1n) is 9.69. The molecule has 8 nitrogen and oxygen atoms in total. The lowest BCUT2D eigenvalue weighted by atomic mass is 9.99. The first-order chi connectivity index (χ1) is 14.1. The fraction of sp³-hybridized carbons (Fsp3) is 0.333. The standard InChI is InChI=1S/C21H23N3O5S/c1-5-30(27,28)12-8-14(15-10-24(4)21(26)17-13(15)6-7-22-17)19-16(9-12)23-20(25)18(29-19)11(2)3/h6-11,18,22H,5H2,1-4H3,(H,23,25). The van der Waals surface area contributed by atoms with Crippen LogP contribution >= 0.6 is 0 Å². The van der Waals surface area contributed by atoms with Crippen molar-refractivity contribution < 1.29 is 17.9 Å². The van der Waals surface area contributed by atoms with E-state index in [1.165, 1.54) is 10.6 Å². The number of anilines is 1. The number of carbonyl (C=O) groups excluding carboxylic acids is 1. The number of pyridine rings is 1. The van der Waals surface area contributed by atoms with E-state index >= 15 is 0 Å². The number of hydrogen-bond donors (Lipinski definition) is 2. The Labute approximate surface area is 173 Å². The zero-order valence-corrected chi connectivity index (χ0v) is 18.0. The number of benzene rings is 1. The molecule has 1 aliphatic heterocycles. The van der Waals surface area contributed by atoms with Crippen molar-refractivity contribution in [3.63, 3.8) is 0 Å². The fourth-order valence-corrected chi connectivity index (χ4v) is 4.60. The molecule has 9 heteroatoms. The predicted molar refractivity (Wildman–Crippen MR) is 115 cm³/mol. The molecule has 1 aromatic carbocycles. The van der Waals surface area contributed by atoms with E-state index in [9.17, 15) is 18.0 Å². The normalized spacial score (nSPS) is 16.4. The highest BCUT2D eigenvalue weighted by molar-refractivity contribution is 7.91. The minimum atomic E-state index is -3.55. The van der Waals surface area contributed by atoms with Crippen LogP contribution in [0.15, 0.2) is 40.3 Å². The number of amides is 1. The molecule has 1 aliphatic rings. The van der Waals surface area contributed by atoms with Gasteiger partial charge < -0.3 is 19.6 Å². The van der Waals surface area contributed by atoms with E-state index in [1.807, 2.05) is 13.8 Å². The van der Waals surface area contributed by atoms with Crippen LogP contribution in [-0.4, -0.2) is 35.7 Å². The van der Waals surface area contributed by atoms with Crippen molar-refractivity contribution in [2.24, 2.45) is 13.0 Å². The van der Waals surface area contributed by atoms with Gasteiger partial charge in [0, 0.05) is 36.0 Å². The number of sulfone groups is 1. The number of aryl methyl sites for hydroxylation is 1. The Morgan fingerprint density at radius 2 is 1.93 bits per heavy atom. The molecule has 4 rings (SSSR count). The molecule has 0 aliphatic carbocycles. The maximum absolute atomic E-state index is 12.6. The second-order valence-electron chi connectivity index (χ2n) is 7.75. The topological polar surface area (TPSA) is 110 Å². The van der Waals surface area contributed by atoms with E-state index in [-0.39, 0.29) is 28.0 Å². The number of aromatic nitrogens is 2. The molecule has 0 bridgehead atoms. The maximum atomic E-state index is 12.6. The van der Waals surface area contributed by atoms with Crippen molar-refractivity contribution in [2.75, 3.05) is 11.1 Å². The molecule has 3 heterocycles. The molecule has 1 amide bonds. The van der Waals surface area contributed by atoms with Crippen LogP contribution in [0.3, 0.4) is 0 Å². The van der Waals surface area contributed by atoms with Crippen LogP contribution in [-0.2, 0) is 21.7 Å². The molecule has 2 aromatic heterocycles. The number of carbonyl (C=O) groups is 1. The average Bonchev–Trinajstić information content (AvgIpc) is 3.19. The lowest BCUT2D eigenvalue weighted by Crippen LogP contribution is -2.40. The quantitative estimate of drug-likeness (QED) is 0.663. The van der Waals surface area contributed by atoms with Crippen LogP contribution in [0.1, 0.15) is 20.8 Å². The first-order valence-corrected chi connectivity index (χ1v) is 11.3. The zero-order chi connectivity index (χ0) is 21.8. The van der Waals surface area contributed by atoms with E-state index in [0.29, 0.717) is 33.5 Å². The molecule has 0 fully saturated rings. The van der Waals surface area contributed by atoms with Gasteiger partial charge in [-0.15, -0.1) is 0 Å². The van der Waals surface area contributed by atoms with Crippen LogP contribution in [0.25, 0.3) is 22.0 Å². The molecule has 0 radical (unpaired) electrons. The van der Waals surface area contributed by atoms with Gasteiger partial charge in [-0.1, -0.05) is 20.8 Å². The third kappa shape index (κ3) is 3.09. The van der Waals surface area contributed by atoms with Crippen molar-refractivity contribution >= 4 is 32.3 Å². The summed E-state index contributed by atoms with van der Waals surface area (Å²) in [6.45, 7) is 5.32. The number of fused-ring (bicyclic) bond motifs is 2. The maximum Gasteiger partial charge on any atom is 0.274 e. The Hall–Kier alpha value is -3.07. The van der Waals surface area contributed by atoms with Gasteiger partial charge in [-0.25, -0.2) is 8.42 Å². The third-order valence-corrected chi connectivity index (χ3v) is 7.07. The molecule has 0 spiro atoms. The summed E-state index contributed by atoms with van der Waals surface area (Å²) in [6.07, 6.45) is 2.61. The van der Waals surface area contributed by atoms with E-state index in [2.05, 4.69) is 10.3 Å². The summed E-state index contributed by atoms with van der Waals surface area (Å²) in [4.78, 5) is 28.0. The first kappa shape index (κ1) is 20.2. The van der Waals surface area contributed by atoms with Crippen molar-refractivity contribution in [1.82, 2.24) is 9.55 Å². The fourth-order valence-electron chi connectivity index (χ4n) is 3.68. The van der Waals surface area contributed by atoms with Crippen LogP contribution in [0.2, 0.25) is 0 Å². The Bertz CT molecular complexity index is 1330. The highest BCUT2D eigenvalue weighted by Gasteiger charge is 2.34. The van der Waals surface area contributed by atoms with Gasteiger partial charge in [0.1, 0.15) is 5.52 Å². The Kier molecular flexibility index (Phi) is 4.73. The molecule has 158 valence electrons. The number of H-pyrrole nitrogens is 1. The highest BCUT2D eigenvalue weighted by Crippen LogP contribution is 2.44. The minimum Gasteiger partial charge on any atom is -0.477 e. The molecule has 1 atom stereocenters. The molecule has 0 saturated heterocycles. The molecular weight excluding hydrogens is 406 g/mol. The van der Waals surface area contributed by atoms with Gasteiger partial charge in [-0.05, 0) is 24.1 Å². The SMILES string of the molecule is CCS(=O)(=O)c1cc2c(c(-c3cn(C)c(=O)c4[nH]ccc34)c1)OC(C(C)C)C(=O)N2. The summed E-state index contributed by atoms with van der Waals surface area (Å²) in [5.41, 5.74) is 1.66. The van der Waals surface area contributed by atoms with E-state index in [0.717, 1.165) is 0 Å². The van der Waals surface area contributed by atoms with Crippen LogP contribution in [0, 0.1) is 5.92 Å². The Balaban J connectivity index is 2.07. The highest BCUT2D eigenvalue weighted by atomic mass is 32.2. The van der Waals surface area contributed by atoms with Crippen molar-refractivity contribution in [3.05, 3.63) is 40.9 Å². The number of aromatic amines is 1. The number of nitrogens with one attached hydrogen (secondary N) is 2. The van der Waals surface area contributed by atoms with Gasteiger partial charge in [0.05, 0.1) is 16.3 Å². The summed E-state index contributed by atoms with van der Waals surface area (Å²) >= 11 is 0. The number of hydrogen-bond acceptors (Lipinski definition) is 5. The van der Waals surface area contributed by atoms with E-state index in [4.69, 9.17) is 4.74 Å². The van der Waals surface area contributed by atoms with Crippen molar-refractivity contribution in [3.8, 4) is 16.9 Å². The largest absolute Gasteiger partial charge is 0.477 e. The molecule has 2 N–H and O–H groups in total. The third-order valence-electron chi connectivity index (χ3n) is 5.35. The smallest absolute Gasteiger partial charge is 0.274 e. The molecule has 1 unspecified atom stereocenters. The minimum absolute atomic E-state index is 0.0819.